The van der Waals surface area contributed by atoms with Crippen molar-refractivity contribution in [1.29, 1.82) is 0 Å². The summed E-state index contributed by atoms with van der Waals surface area (Å²) in [4.78, 5) is 21.9. The van der Waals surface area contributed by atoms with Crippen molar-refractivity contribution in [2.45, 2.75) is 38.1 Å². The third-order valence-corrected chi connectivity index (χ3v) is 3.01. The van der Waals surface area contributed by atoms with Gasteiger partial charge in [-0.2, -0.15) is 0 Å². The van der Waals surface area contributed by atoms with Gasteiger partial charge in [-0.15, -0.1) is 0 Å². The second kappa shape index (κ2) is 3.66. The highest BCUT2D eigenvalue weighted by atomic mass is 16.5. The zero-order chi connectivity index (χ0) is 11.0. The van der Waals surface area contributed by atoms with Crippen LogP contribution in [0.15, 0.2) is 9.59 Å². The van der Waals surface area contributed by atoms with Crippen LogP contribution in [0.5, 0.6) is 5.75 Å². The molecule has 1 aromatic rings. The lowest BCUT2D eigenvalue weighted by Crippen LogP contribution is -2.43. The monoisotopic (exact) mass is 211 g/mol. The molecular formula is C10H13NO4. The molecule has 0 radical (unpaired) electrons. The summed E-state index contributed by atoms with van der Waals surface area (Å²) in [5.41, 5.74) is -1.92. The first kappa shape index (κ1) is 10.2. The minimum Gasteiger partial charge on any atom is -0.502 e. The van der Waals surface area contributed by atoms with Gasteiger partial charge >= 0.3 is 0 Å². The van der Waals surface area contributed by atoms with E-state index in [2.05, 4.69) is 0 Å². The van der Waals surface area contributed by atoms with E-state index in [1.54, 1.807) is 0 Å². The van der Waals surface area contributed by atoms with Gasteiger partial charge in [0.25, 0.3) is 10.9 Å². The largest absolute Gasteiger partial charge is 0.502 e. The van der Waals surface area contributed by atoms with Gasteiger partial charge in [-0.1, -0.05) is 19.3 Å². The molecule has 2 rings (SSSR count). The molecule has 15 heavy (non-hydrogen) atoms. The van der Waals surface area contributed by atoms with E-state index in [-0.39, 0.29) is 11.7 Å². The molecule has 0 atom stereocenters. The molecule has 0 spiro atoms. The van der Waals surface area contributed by atoms with E-state index in [0.717, 1.165) is 37.2 Å². The SMILES string of the molecule is O=c1c(O)c(N(O)C2CCCCC2)c1=O. The van der Waals surface area contributed by atoms with E-state index >= 15 is 0 Å². The number of hydrogen-bond donors (Lipinski definition) is 2. The molecule has 0 amide bonds. The lowest BCUT2D eigenvalue weighted by atomic mass is 9.94. The van der Waals surface area contributed by atoms with Gasteiger partial charge in [-0.3, -0.25) is 14.8 Å². The van der Waals surface area contributed by atoms with Crippen LogP contribution >= 0.6 is 0 Å². The van der Waals surface area contributed by atoms with Crippen LogP contribution in [0.2, 0.25) is 0 Å². The molecule has 0 saturated heterocycles. The summed E-state index contributed by atoms with van der Waals surface area (Å²) in [5, 5.41) is 19.6. The Balaban J connectivity index is 2.17. The Morgan fingerprint density at radius 2 is 1.67 bits per heavy atom. The molecule has 1 fully saturated rings. The predicted octanol–water partition coefficient (Wildman–Crippen LogP) is 0.516. The van der Waals surface area contributed by atoms with Gasteiger partial charge < -0.3 is 5.11 Å². The molecule has 0 heterocycles. The fourth-order valence-electron chi connectivity index (χ4n) is 2.09. The van der Waals surface area contributed by atoms with Gasteiger partial charge in [0, 0.05) is 0 Å². The fraction of sp³-hybridized carbons (Fsp3) is 0.600. The summed E-state index contributed by atoms with van der Waals surface area (Å²) in [5.74, 6) is -0.604. The fourth-order valence-corrected chi connectivity index (χ4v) is 2.09. The van der Waals surface area contributed by atoms with E-state index in [0.29, 0.717) is 0 Å². The molecule has 1 aliphatic rings. The molecule has 82 valence electrons. The number of nitrogens with zero attached hydrogens (tertiary/aromatic N) is 1. The van der Waals surface area contributed by atoms with Crippen molar-refractivity contribution in [2.75, 3.05) is 5.06 Å². The van der Waals surface area contributed by atoms with Crippen molar-refractivity contribution in [3.8, 4) is 5.75 Å². The Kier molecular flexibility index (Phi) is 2.48. The zero-order valence-electron chi connectivity index (χ0n) is 8.27. The van der Waals surface area contributed by atoms with Gasteiger partial charge in [0.05, 0.1) is 6.04 Å². The average molecular weight is 211 g/mol. The normalized spacial score (nSPS) is 18.2. The third-order valence-electron chi connectivity index (χ3n) is 3.01. The predicted molar refractivity (Wildman–Crippen MR) is 54.2 cm³/mol. The molecule has 1 saturated carbocycles. The zero-order valence-corrected chi connectivity index (χ0v) is 8.27. The van der Waals surface area contributed by atoms with Crippen LogP contribution in [0.3, 0.4) is 0 Å². The van der Waals surface area contributed by atoms with Crippen LogP contribution in [-0.4, -0.2) is 16.4 Å². The van der Waals surface area contributed by atoms with Gasteiger partial charge in [0.1, 0.15) is 0 Å². The van der Waals surface area contributed by atoms with Gasteiger partial charge in [0.15, 0.2) is 11.4 Å². The Labute approximate surface area is 86.2 Å². The standard InChI is InChI=1S/C10H13NO4/c12-8-7(9(13)10(8)14)11(15)6-4-2-1-3-5-6/h6,12,15H,1-5H2. The van der Waals surface area contributed by atoms with Crippen LogP contribution in [-0.2, 0) is 0 Å². The minimum absolute atomic E-state index is 0.145. The maximum absolute atomic E-state index is 11.1. The van der Waals surface area contributed by atoms with Crippen LogP contribution in [0.1, 0.15) is 32.1 Å². The first-order valence-corrected chi connectivity index (χ1v) is 5.13. The summed E-state index contributed by atoms with van der Waals surface area (Å²) in [7, 11) is 0. The molecule has 5 heteroatoms. The molecule has 0 aromatic heterocycles. The summed E-state index contributed by atoms with van der Waals surface area (Å²) in [6.45, 7) is 0. The summed E-state index contributed by atoms with van der Waals surface area (Å²) >= 11 is 0. The first-order chi connectivity index (χ1) is 7.13. The van der Waals surface area contributed by atoms with Crippen molar-refractivity contribution in [3.05, 3.63) is 20.4 Å². The van der Waals surface area contributed by atoms with Crippen LogP contribution in [0.4, 0.5) is 5.69 Å². The highest BCUT2D eigenvalue weighted by Gasteiger charge is 2.30. The molecule has 0 unspecified atom stereocenters. The average Bonchev–Trinajstić information content (AvgIpc) is 2.30. The Morgan fingerprint density at radius 3 is 2.20 bits per heavy atom. The Bertz CT molecular complexity index is 427. The molecule has 1 aliphatic carbocycles. The highest BCUT2D eigenvalue weighted by Crippen LogP contribution is 2.28. The third kappa shape index (κ3) is 1.52. The van der Waals surface area contributed by atoms with Crippen LogP contribution in [0.25, 0.3) is 0 Å². The molecule has 0 aliphatic heterocycles. The maximum atomic E-state index is 11.1. The van der Waals surface area contributed by atoms with E-state index in [4.69, 9.17) is 5.11 Å². The van der Waals surface area contributed by atoms with Crippen molar-refractivity contribution in [1.82, 2.24) is 0 Å². The lowest BCUT2D eigenvalue weighted by molar-refractivity contribution is 0.185. The molecule has 0 bridgehead atoms. The van der Waals surface area contributed by atoms with E-state index in [1.807, 2.05) is 0 Å². The molecular weight excluding hydrogens is 198 g/mol. The second-order valence-corrected chi connectivity index (χ2v) is 3.99. The van der Waals surface area contributed by atoms with Crippen LogP contribution < -0.4 is 15.9 Å². The van der Waals surface area contributed by atoms with E-state index < -0.39 is 16.6 Å². The van der Waals surface area contributed by atoms with Gasteiger partial charge in [-0.05, 0) is 12.8 Å². The van der Waals surface area contributed by atoms with Crippen molar-refractivity contribution in [2.24, 2.45) is 0 Å². The van der Waals surface area contributed by atoms with Gasteiger partial charge in [0.2, 0.25) is 0 Å². The van der Waals surface area contributed by atoms with Crippen molar-refractivity contribution < 1.29 is 10.3 Å². The van der Waals surface area contributed by atoms with Crippen LogP contribution in [0, 0.1) is 0 Å². The second-order valence-electron chi connectivity index (χ2n) is 3.99. The quantitative estimate of drug-likeness (QED) is 0.550. The number of rotatable bonds is 2. The summed E-state index contributed by atoms with van der Waals surface area (Å²) in [6, 6.07) is -0.145. The summed E-state index contributed by atoms with van der Waals surface area (Å²) in [6.07, 6.45) is 4.70. The van der Waals surface area contributed by atoms with Crippen molar-refractivity contribution >= 4 is 5.69 Å². The number of anilines is 1. The van der Waals surface area contributed by atoms with E-state index in [9.17, 15) is 14.8 Å². The lowest BCUT2D eigenvalue weighted by Gasteiger charge is -2.30. The van der Waals surface area contributed by atoms with Crippen molar-refractivity contribution in [3.63, 3.8) is 0 Å². The minimum atomic E-state index is -0.903. The molecule has 5 nitrogen and oxygen atoms in total. The number of hydrogen-bond acceptors (Lipinski definition) is 5. The Hall–Kier alpha value is -1.36. The maximum Gasteiger partial charge on any atom is 0.271 e. The first-order valence-electron chi connectivity index (χ1n) is 5.13. The Morgan fingerprint density at radius 1 is 1.07 bits per heavy atom. The smallest absolute Gasteiger partial charge is 0.271 e. The van der Waals surface area contributed by atoms with E-state index in [1.165, 1.54) is 0 Å². The number of hydroxylamine groups is 1. The topological polar surface area (TPSA) is 77.8 Å². The summed E-state index contributed by atoms with van der Waals surface area (Å²) < 4.78 is 0. The number of aromatic hydroxyl groups is 1. The molecule has 2 N–H and O–H groups in total. The highest BCUT2D eigenvalue weighted by molar-refractivity contribution is 5.61. The van der Waals surface area contributed by atoms with Gasteiger partial charge in [-0.25, -0.2) is 5.06 Å². The molecule has 1 aromatic carbocycles.